The minimum absolute atomic E-state index is 0.0953. The summed E-state index contributed by atoms with van der Waals surface area (Å²) in [6.07, 6.45) is 1.75. The van der Waals surface area contributed by atoms with Gasteiger partial charge in [0.1, 0.15) is 23.9 Å². The third kappa shape index (κ3) is 5.25. The van der Waals surface area contributed by atoms with Crippen LogP contribution in [0.4, 0.5) is 14.5 Å². The Labute approximate surface area is 170 Å². The molecule has 0 amide bonds. The average Bonchev–Trinajstić information content (AvgIpc) is 3.17. The molecule has 2 aromatic rings. The highest BCUT2D eigenvalue weighted by atomic mass is 19.1. The lowest BCUT2D eigenvalue weighted by Gasteiger charge is -2.37. The summed E-state index contributed by atoms with van der Waals surface area (Å²) in [7, 11) is 0. The van der Waals surface area contributed by atoms with Crippen molar-refractivity contribution in [2.24, 2.45) is 4.99 Å². The van der Waals surface area contributed by atoms with Gasteiger partial charge in [-0.05, 0) is 19.1 Å². The van der Waals surface area contributed by atoms with E-state index >= 15 is 0 Å². The molecule has 8 heteroatoms. The van der Waals surface area contributed by atoms with Gasteiger partial charge in [0, 0.05) is 44.2 Å². The second-order valence-corrected chi connectivity index (χ2v) is 8.11. The molecular formula is C21H29F2N5O. The number of halogens is 2. The second-order valence-electron chi connectivity index (χ2n) is 8.11. The molecular weight excluding hydrogens is 376 g/mol. The first-order valence-corrected chi connectivity index (χ1v) is 9.96. The maximum atomic E-state index is 14.0. The predicted molar refractivity (Wildman–Crippen MR) is 110 cm³/mol. The lowest BCUT2D eigenvalue weighted by atomic mass is 9.94. The van der Waals surface area contributed by atoms with Gasteiger partial charge in [0.05, 0.1) is 11.9 Å². The molecule has 0 unspecified atom stereocenters. The van der Waals surface area contributed by atoms with E-state index < -0.39 is 11.6 Å². The number of aliphatic imine (C=N–C) groups is 1. The Morgan fingerprint density at radius 3 is 2.55 bits per heavy atom. The van der Waals surface area contributed by atoms with E-state index in [1.807, 2.05) is 11.8 Å². The molecule has 2 heterocycles. The first-order valence-electron chi connectivity index (χ1n) is 9.96. The van der Waals surface area contributed by atoms with Crippen LogP contribution in [-0.2, 0) is 12.0 Å². The average molecular weight is 405 g/mol. The van der Waals surface area contributed by atoms with Gasteiger partial charge in [-0.2, -0.15) is 0 Å². The molecule has 1 aromatic carbocycles. The van der Waals surface area contributed by atoms with Crippen LogP contribution in [0.1, 0.15) is 39.3 Å². The number of aromatic nitrogens is 1. The lowest BCUT2D eigenvalue weighted by molar-refractivity contribution is 0.365. The number of benzene rings is 1. The van der Waals surface area contributed by atoms with Gasteiger partial charge in [-0.25, -0.2) is 18.8 Å². The van der Waals surface area contributed by atoms with Crippen LogP contribution in [0.25, 0.3) is 0 Å². The third-order valence-corrected chi connectivity index (χ3v) is 4.82. The van der Waals surface area contributed by atoms with Crippen molar-refractivity contribution in [1.29, 1.82) is 0 Å². The Kier molecular flexibility index (Phi) is 6.39. The molecule has 1 aliphatic heterocycles. The van der Waals surface area contributed by atoms with Crippen LogP contribution in [0.2, 0.25) is 0 Å². The Morgan fingerprint density at radius 2 is 1.93 bits per heavy atom. The van der Waals surface area contributed by atoms with Gasteiger partial charge in [-0.1, -0.05) is 20.8 Å². The fourth-order valence-electron chi connectivity index (χ4n) is 3.19. The normalized spacial score (nSPS) is 15.7. The molecule has 1 fully saturated rings. The van der Waals surface area contributed by atoms with E-state index in [2.05, 4.69) is 41.0 Å². The Balaban J connectivity index is 1.65. The molecule has 0 radical (unpaired) electrons. The molecule has 29 heavy (non-hydrogen) atoms. The van der Waals surface area contributed by atoms with E-state index in [0.717, 1.165) is 24.3 Å². The molecule has 0 spiro atoms. The van der Waals surface area contributed by atoms with Crippen molar-refractivity contribution in [2.75, 3.05) is 37.6 Å². The van der Waals surface area contributed by atoms with Crippen LogP contribution < -0.4 is 10.2 Å². The Morgan fingerprint density at radius 1 is 1.21 bits per heavy atom. The Hall–Kier alpha value is -2.64. The van der Waals surface area contributed by atoms with Crippen molar-refractivity contribution in [1.82, 2.24) is 15.2 Å². The van der Waals surface area contributed by atoms with Crippen LogP contribution in [0.3, 0.4) is 0 Å². The molecule has 1 saturated heterocycles. The van der Waals surface area contributed by atoms with Gasteiger partial charge in [0.2, 0.25) is 5.89 Å². The molecule has 1 aromatic heterocycles. The molecule has 0 atom stereocenters. The number of hydrogen-bond acceptors (Lipinski definition) is 4. The van der Waals surface area contributed by atoms with Gasteiger partial charge >= 0.3 is 0 Å². The zero-order chi connectivity index (χ0) is 21.0. The summed E-state index contributed by atoms with van der Waals surface area (Å²) in [6.45, 7) is 11.8. The second kappa shape index (κ2) is 8.80. The fraction of sp³-hybridized carbons (Fsp3) is 0.524. The monoisotopic (exact) mass is 405 g/mol. The number of rotatable bonds is 4. The molecule has 0 bridgehead atoms. The summed E-state index contributed by atoms with van der Waals surface area (Å²) in [5.74, 6) is 1.34. The summed E-state index contributed by atoms with van der Waals surface area (Å²) < 4.78 is 33.4. The van der Waals surface area contributed by atoms with Crippen LogP contribution >= 0.6 is 0 Å². The first-order chi connectivity index (χ1) is 13.8. The summed E-state index contributed by atoms with van der Waals surface area (Å²) in [5.41, 5.74) is 0.211. The van der Waals surface area contributed by atoms with Crippen LogP contribution in [-0.4, -0.2) is 48.6 Å². The fourth-order valence-corrected chi connectivity index (χ4v) is 3.19. The number of nitrogens with one attached hydrogen (secondary N) is 1. The largest absolute Gasteiger partial charge is 0.443 e. The Bertz CT molecular complexity index is 851. The van der Waals surface area contributed by atoms with Gasteiger partial charge in [-0.15, -0.1) is 0 Å². The summed E-state index contributed by atoms with van der Waals surface area (Å²) in [6, 6.07) is 3.56. The van der Waals surface area contributed by atoms with Gasteiger partial charge in [0.25, 0.3) is 0 Å². The molecule has 0 aliphatic carbocycles. The van der Waals surface area contributed by atoms with Crippen molar-refractivity contribution in [2.45, 2.75) is 39.7 Å². The highest BCUT2D eigenvalue weighted by Gasteiger charge is 2.23. The smallest absolute Gasteiger partial charge is 0.216 e. The highest BCUT2D eigenvalue weighted by Crippen LogP contribution is 2.23. The highest BCUT2D eigenvalue weighted by molar-refractivity contribution is 5.80. The molecule has 158 valence electrons. The van der Waals surface area contributed by atoms with Crippen LogP contribution in [0.15, 0.2) is 33.8 Å². The minimum atomic E-state index is -0.431. The van der Waals surface area contributed by atoms with E-state index in [1.54, 1.807) is 6.20 Å². The van der Waals surface area contributed by atoms with Crippen molar-refractivity contribution >= 4 is 11.6 Å². The molecule has 6 nitrogen and oxygen atoms in total. The SMILES string of the molecule is CCNC(=NCc1ncc(C(C)(C)C)o1)N1CCN(c2cc(F)ccc2F)CC1. The zero-order valence-electron chi connectivity index (χ0n) is 17.5. The van der Waals surface area contributed by atoms with Crippen molar-refractivity contribution in [3.8, 4) is 0 Å². The third-order valence-electron chi connectivity index (χ3n) is 4.82. The molecule has 0 saturated carbocycles. The lowest BCUT2D eigenvalue weighted by Crippen LogP contribution is -2.52. The van der Waals surface area contributed by atoms with E-state index in [1.165, 1.54) is 12.1 Å². The van der Waals surface area contributed by atoms with Crippen molar-refractivity contribution in [3.05, 3.63) is 47.7 Å². The van der Waals surface area contributed by atoms with Crippen LogP contribution in [0, 0.1) is 11.6 Å². The van der Waals surface area contributed by atoms with Gasteiger partial charge in [0.15, 0.2) is 5.96 Å². The van der Waals surface area contributed by atoms with Gasteiger partial charge < -0.3 is 19.5 Å². The van der Waals surface area contributed by atoms with E-state index in [-0.39, 0.29) is 5.41 Å². The number of oxazole rings is 1. The standard InChI is InChI=1S/C21H29F2N5O/c1-5-24-20(26-14-19-25-13-18(29-19)21(2,3)4)28-10-8-27(9-11-28)17-12-15(22)6-7-16(17)23/h6-7,12-13H,5,8-11,14H2,1-4H3,(H,24,26). The number of nitrogens with zero attached hydrogens (tertiary/aromatic N) is 4. The molecule has 3 rings (SSSR count). The zero-order valence-corrected chi connectivity index (χ0v) is 17.5. The molecule has 1 aliphatic rings. The number of anilines is 1. The van der Waals surface area contributed by atoms with E-state index in [0.29, 0.717) is 44.3 Å². The maximum Gasteiger partial charge on any atom is 0.216 e. The van der Waals surface area contributed by atoms with Crippen molar-refractivity contribution < 1.29 is 13.2 Å². The summed E-state index contributed by atoms with van der Waals surface area (Å²) in [5, 5.41) is 3.29. The minimum Gasteiger partial charge on any atom is -0.443 e. The summed E-state index contributed by atoms with van der Waals surface area (Å²) in [4.78, 5) is 13.0. The number of piperazine rings is 1. The van der Waals surface area contributed by atoms with Crippen molar-refractivity contribution in [3.63, 3.8) is 0 Å². The quantitative estimate of drug-likeness (QED) is 0.623. The van der Waals surface area contributed by atoms with Gasteiger partial charge in [-0.3, -0.25) is 0 Å². The molecule has 1 N–H and O–H groups in total. The maximum absolute atomic E-state index is 14.0. The number of hydrogen-bond donors (Lipinski definition) is 1. The number of guanidine groups is 1. The topological polar surface area (TPSA) is 56.9 Å². The van der Waals surface area contributed by atoms with E-state index in [4.69, 9.17) is 4.42 Å². The summed E-state index contributed by atoms with van der Waals surface area (Å²) >= 11 is 0. The van der Waals surface area contributed by atoms with Crippen LogP contribution in [0.5, 0.6) is 0 Å². The predicted octanol–water partition coefficient (Wildman–Crippen LogP) is 3.54. The first kappa shape index (κ1) is 21.1. The van der Waals surface area contributed by atoms with E-state index in [9.17, 15) is 8.78 Å².